The third kappa shape index (κ3) is 2.18. The van der Waals surface area contributed by atoms with Crippen LogP contribution in [0.3, 0.4) is 0 Å². The third-order valence-electron chi connectivity index (χ3n) is 5.28. The van der Waals surface area contributed by atoms with Gasteiger partial charge in [0, 0.05) is 24.1 Å². The van der Waals surface area contributed by atoms with E-state index < -0.39 is 0 Å². The highest BCUT2D eigenvalue weighted by molar-refractivity contribution is 7.71. The normalized spacial score (nSPS) is 30.0. The van der Waals surface area contributed by atoms with Gasteiger partial charge in [0.1, 0.15) is 0 Å². The predicted molar refractivity (Wildman–Crippen MR) is 84.1 cm³/mol. The molecule has 0 saturated heterocycles. The van der Waals surface area contributed by atoms with Crippen LogP contribution in [-0.4, -0.2) is 28.6 Å². The van der Waals surface area contributed by atoms with E-state index in [0.29, 0.717) is 27.8 Å². The van der Waals surface area contributed by atoms with Crippen LogP contribution >= 0.6 is 12.2 Å². The van der Waals surface area contributed by atoms with E-state index in [1.165, 1.54) is 6.42 Å². The van der Waals surface area contributed by atoms with Crippen LogP contribution in [0.1, 0.15) is 29.6 Å². The molecule has 2 aromatic rings. The van der Waals surface area contributed by atoms with Crippen molar-refractivity contribution in [3.8, 4) is 0 Å². The van der Waals surface area contributed by atoms with Gasteiger partial charge in [-0.2, -0.15) is 0 Å². The number of aliphatic hydroxyl groups excluding tert-OH is 1. The summed E-state index contributed by atoms with van der Waals surface area (Å²) >= 11 is 4.95. The van der Waals surface area contributed by atoms with Crippen LogP contribution < -0.4 is 5.32 Å². The molecule has 0 spiro atoms. The van der Waals surface area contributed by atoms with Crippen LogP contribution in [0.2, 0.25) is 0 Å². The van der Waals surface area contributed by atoms with E-state index in [0.717, 1.165) is 18.4 Å². The molecule has 0 aliphatic heterocycles. The molecule has 6 heteroatoms. The van der Waals surface area contributed by atoms with E-state index in [2.05, 4.69) is 10.3 Å². The van der Waals surface area contributed by atoms with Crippen molar-refractivity contribution in [1.29, 1.82) is 0 Å². The number of carbonyl (C=O) groups excluding carboxylic acids is 1. The Morgan fingerprint density at radius 3 is 3.05 bits per heavy atom. The van der Waals surface area contributed by atoms with Crippen molar-refractivity contribution < 1.29 is 14.3 Å². The van der Waals surface area contributed by atoms with E-state index >= 15 is 0 Å². The average molecular weight is 318 g/mol. The van der Waals surface area contributed by atoms with Crippen LogP contribution in [0.5, 0.6) is 0 Å². The van der Waals surface area contributed by atoms with Crippen LogP contribution in [-0.2, 0) is 0 Å². The lowest BCUT2D eigenvalue weighted by Crippen LogP contribution is -2.45. The lowest BCUT2D eigenvalue weighted by molar-refractivity contribution is 0.0861. The summed E-state index contributed by atoms with van der Waals surface area (Å²) in [5, 5.41) is 12.7. The zero-order valence-corrected chi connectivity index (χ0v) is 12.9. The highest BCUT2D eigenvalue weighted by atomic mass is 32.1. The smallest absolute Gasteiger partial charge is 0.266 e. The van der Waals surface area contributed by atoms with Crippen LogP contribution in [0.4, 0.5) is 0 Å². The zero-order valence-electron chi connectivity index (χ0n) is 12.0. The van der Waals surface area contributed by atoms with Gasteiger partial charge in [-0.15, -0.1) is 0 Å². The third-order valence-corrected chi connectivity index (χ3v) is 5.47. The van der Waals surface area contributed by atoms with E-state index in [4.69, 9.17) is 16.6 Å². The summed E-state index contributed by atoms with van der Waals surface area (Å²) in [5.74, 6) is 1.15. The Morgan fingerprint density at radius 2 is 2.23 bits per heavy atom. The summed E-state index contributed by atoms with van der Waals surface area (Å²) in [4.78, 5) is 15.7. The molecular weight excluding hydrogens is 300 g/mol. The number of nitrogens with one attached hydrogen (secondary N) is 2. The zero-order chi connectivity index (χ0) is 15.3. The maximum absolute atomic E-state index is 12.5. The second-order valence-corrected chi connectivity index (χ2v) is 6.78. The number of amides is 1. The molecule has 1 heterocycles. The number of oxazole rings is 1. The van der Waals surface area contributed by atoms with Crippen LogP contribution in [0.15, 0.2) is 22.6 Å². The lowest BCUT2D eigenvalue weighted by atomic mass is 9.85. The lowest BCUT2D eigenvalue weighted by Gasteiger charge is -2.30. The highest BCUT2D eigenvalue weighted by Gasteiger charge is 2.47. The van der Waals surface area contributed by atoms with Crippen molar-refractivity contribution in [3.05, 3.63) is 28.6 Å². The molecule has 1 aromatic carbocycles. The van der Waals surface area contributed by atoms with Gasteiger partial charge in [0.25, 0.3) is 10.7 Å². The molecule has 1 aromatic heterocycles. The SMILES string of the molecule is O=C(N[C@@H]1[C@H]2CC[C@@H](C2)[C@@H]1CO)c1ccc2[nH]c(=S)oc2c1. The number of hydrogen-bond acceptors (Lipinski definition) is 4. The number of aliphatic hydroxyl groups is 1. The molecule has 22 heavy (non-hydrogen) atoms. The number of rotatable bonds is 3. The Morgan fingerprint density at radius 1 is 1.41 bits per heavy atom. The summed E-state index contributed by atoms with van der Waals surface area (Å²) < 4.78 is 5.36. The molecule has 0 radical (unpaired) electrons. The standard InChI is InChI=1S/C16H18N2O3S/c19-7-11-8-1-2-9(5-8)14(11)18-15(20)10-3-4-12-13(6-10)21-16(22)17-12/h3-4,6,8-9,11,14,19H,1-2,5,7H2,(H,17,22)(H,18,20)/t8-,9-,11-,14+/m0/s1. The summed E-state index contributed by atoms with van der Waals surface area (Å²) in [6.07, 6.45) is 3.46. The molecule has 4 atom stereocenters. The van der Waals surface area contributed by atoms with Gasteiger partial charge in [0.05, 0.1) is 5.52 Å². The number of aromatic nitrogens is 1. The molecule has 2 aliphatic carbocycles. The van der Waals surface area contributed by atoms with Gasteiger partial charge in [-0.1, -0.05) is 0 Å². The Bertz CT molecular complexity index is 781. The van der Waals surface area contributed by atoms with Crippen molar-refractivity contribution in [1.82, 2.24) is 10.3 Å². The topological polar surface area (TPSA) is 78.3 Å². The van der Waals surface area contributed by atoms with Crippen molar-refractivity contribution in [3.63, 3.8) is 0 Å². The minimum Gasteiger partial charge on any atom is -0.429 e. The summed E-state index contributed by atoms with van der Waals surface area (Å²) in [7, 11) is 0. The minimum absolute atomic E-state index is 0.0876. The van der Waals surface area contributed by atoms with Gasteiger partial charge in [0.2, 0.25) is 0 Å². The largest absolute Gasteiger partial charge is 0.429 e. The maximum Gasteiger partial charge on any atom is 0.266 e. The van der Waals surface area contributed by atoms with Crippen LogP contribution in [0.25, 0.3) is 11.1 Å². The first kappa shape index (κ1) is 14.0. The Kier molecular flexibility index (Phi) is 3.31. The number of carbonyl (C=O) groups is 1. The molecule has 0 unspecified atom stereocenters. The number of benzene rings is 1. The first-order valence-corrected chi connectivity index (χ1v) is 8.11. The Hall–Kier alpha value is -1.66. The number of H-pyrrole nitrogens is 1. The number of fused-ring (bicyclic) bond motifs is 3. The van der Waals surface area contributed by atoms with E-state index in [9.17, 15) is 9.90 Å². The summed E-state index contributed by atoms with van der Waals surface area (Å²) in [6, 6.07) is 5.36. The molecule has 2 saturated carbocycles. The summed E-state index contributed by atoms with van der Waals surface area (Å²) in [5.41, 5.74) is 1.93. The fraction of sp³-hybridized carbons (Fsp3) is 0.500. The molecule has 116 valence electrons. The van der Waals surface area contributed by atoms with Crippen LogP contribution in [0, 0.1) is 22.6 Å². The average Bonchev–Trinajstić information content (AvgIpc) is 3.18. The molecule has 1 amide bonds. The molecule has 2 fully saturated rings. The fourth-order valence-electron chi connectivity index (χ4n) is 4.22. The summed E-state index contributed by atoms with van der Waals surface area (Å²) in [6.45, 7) is 0.150. The Balaban J connectivity index is 1.56. The van der Waals surface area contributed by atoms with Gasteiger partial charge in [0.15, 0.2) is 5.58 Å². The van der Waals surface area contributed by atoms with Crippen molar-refractivity contribution in [2.24, 2.45) is 17.8 Å². The van der Waals surface area contributed by atoms with Crippen molar-refractivity contribution in [2.75, 3.05) is 6.61 Å². The quantitative estimate of drug-likeness (QED) is 0.760. The molecule has 2 aliphatic rings. The maximum atomic E-state index is 12.5. The van der Waals surface area contributed by atoms with E-state index in [1.54, 1.807) is 18.2 Å². The predicted octanol–water partition coefficient (Wildman–Crippen LogP) is 2.63. The molecule has 4 rings (SSSR count). The fourth-order valence-corrected chi connectivity index (χ4v) is 4.42. The van der Waals surface area contributed by atoms with Gasteiger partial charge in [-0.25, -0.2) is 0 Å². The molecule has 2 bridgehead atoms. The number of hydrogen-bond donors (Lipinski definition) is 3. The Labute approximate surface area is 132 Å². The molecule has 3 N–H and O–H groups in total. The number of aromatic amines is 1. The molecular formula is C16H18N2O3S. The second-order valence-electron chi connectivity index (χ2n) is 6.40. The second kappa shape index (κ2) is 5.21. The van der Waals surface area contributed by atoms with Gasteiger partial charge in [-0.05, 0) is 61.5 Å². The minimum atomic E-state index is -0.111. The van der Waals surface area contributed by atoms with E-state index in [-0.39, 0.29) is 24.5 Å². The van der Waals surface area contributed by atoms with Gasteiger partial charge in [-0.3, -0.25) is 4.79 Å². The highest BCUT2D eigenvalue weighted by Crippen LogP contribution is 2.48. The first-order chi connectivity index (χ1) is 10.7. The molecule has 5 nitrogen and oxygen atoms in total. The van der Waals surface area contributed by atoms with Gasteiger partial charge < -0.3 is 19.8 Å². The van der Waals surface area contributed by atoms with Gasteiger partial charge >= 0.3 is 0 Å². The first-order valence-electron chi connectivity index (χ1n) is 7.70. The monoisotopic (exact) mass is 318 g/mol. The van der Waals surface area contributed by atoms with Crippen molar-refractivity contribution >= 4 is 29.2 Å². The van der Waals surface area contributed by atoms with E-state index in [1.807, 2.05) is 0 Å². The van der Waals surface area contributed by atoms with Crippen molar-refractivity contribution in [2.45, 2.75) is 25.3 Å².